The molecule has 2 aromatic carbocycles. The van der Waals surface area contributed by atoms with Crippen LogP contribution in [0.1, 0.15) is 45.8 Å². The number of imidazole rings is 1. The molecular formula is C30H27N5O3. The molecule has 8 heteroatoms. The Kier molecular flexibility index (Phi) is 5.37. The molecule has 0 bridgehead atoms. The molecule has 4 aromatic rings. The topological polar surface area (TPSA) is 87.0 Å². The Morgan fingerprint density at radius 2 is 1.82 bits per heavy atom. The molecule has 5 heterocycles. The zero-order valence-electron chi connectivity index (χ0n) is 20.8. The average Bonchev–Trinajstić information content (AvgIpc) is 3.50. The lowest BCUT2D eigenvalue weighted by atomic mass is 9.91. The van der Waals surface area contributed by atoms with Crippen LogP contribution in [0, 0.1) is 0 Å². The molecule has 2 fully saturated rings. The van der Waals surface area contributed by atoms with Crippen molar-refractivity contribution in [3.8, 4) is 11.1 Å². The fourth-order valence-electron chi connectivity index (χ4n) is 6.03. The molecule has 0 spiro atoms. The van der Waals surface area contributed by atoms with Crippen LogP contribution in [0.4, 0.5) is 0 Å². The first kappa shape index (κ1) is 22.9. The molecule has 1 N–H and O–H groups in total. The summed E-state index contributed by atoms with van der Waals surface area (Å²) in [5.41, 5.74) is 6.98. The van der Waals surface area contributed by atoms with Gasteiger partial charge >= 0.3 is 0 Å². The number of hydrogen-bond donors (Lipinski definition) is 1. The molecule has 3 aliphatic heterocycles. The van der Waals surface area contributed by atoms with Gasteiger partial charge in [0.15, 0.2) is 0 Å². The normalized spacial score (nSPS) is 20.1. The summed E-state index contributed by atoms with van der Waals surface area (Å²) in [6, 6.07) is 18.1. The van der Waals surface area contributed by atoms with E-state index in [-0.39, 0.29) is 18.2 Å². The average molecular weight is 506 g/mol. The van der Waals surface area contributed by atoms with Gasteiger partial charge in [0.25, 0.3) is 5.91 Å². The summed E-state index contributed by atoms with van der Waals surface area (Å²) in [6.07, 6.45) is 6.51. The number of aromatic nitrogens is 2. The van der Waals surface area contributed by atoms with Gasteiger partial charge in [-0.15, -0.1) is 0 Å². The SMILES string of the molecule is O=C1CCC(N2Cc3cc(-c4cc(CN5CC(c6ccccc6)C5)cn5ccnc45)ccc3C2=O)C(=O)N1. The molecule has 0 aliphatic carbocycles. The van der Waals surface area contributed by atoms with E-state index in [9.17, 15) is 14.4 Å². The number of carbonyl (C=O) groups excluding carboxylic acids is 3. The number of benzene rings is 2. The Balaban J connectivity index is 1.14. The minimum absolute atomic E-state index is 0.161. The van der Waals surface area contributed by atoms with Gasteiger partial charge in [0.2, 0.25) is 11.8 Å². The largest absolute Gasteiger partial charge is 0.322 e. The van der Waals surface area contributed by atoms with E-state index < -0.39 is 11.9 Å². The Labute approximate surface area is 219 Å². The summed E-state index contributed by atoms with van der Waals surface area (Å²) in [5, 5.41) is 2.36. The molecular weight excluding hydrogens is 478 g/mol. The predicted molar refractivity (Wildman–Crippen MR) is 141 cm³/mol. The quantitative estimate of drug-likeness (QED) is 0.421. The smallest absolute Gasteiger partial charge is 0.255 e. The third kappa shape index (κ3) is 3.88. The summed E-state index contributed by atoms with van der Waals surface area (Å²) >= 11 is 0. The second kappa shape index (κ2) is 8.92. The standard InChI is InChI=1S/C30H27N5O3/c36-27-9-8-26(29(37)32-27)35-18-22-13-21(6-7-24(22)30(35)38)25-12-19(15-34-11-10-31-28(25)34)14-33-16-23(17-33)20-4-2-1-3-5-20/h1-7,10-13,15,23,26H,8-9,14,16-18H2,(H,32,36,37). The van der Waals surface area contributed by atoms with Crippen molar-refractivity contribution in [3.63, 3.8) is 0 Å². The second-order valence-corrected chi connectivity index (χ2v) is 10.5. The molecule has 0 radical (unpaired) electrons. The van der Waals surface area contributed by atoms with Crippen LogP contribution in [0.15, 0.2) is 73.2 Å². The van der Waals surface area contributed by atoms with Crippen LogP contribution in [0.2, 0.25) is 0 Å². The molecule has 2 aromatic heterocycles. The van der Waals surface area contributed by atoms with E-state index in [2.05, 4.69) is 62.2 Å². The first-order chi connectivity index (χ1) is 18.5. The number of amides is 3. The van der Waals surface area contributed by atoms with E-state index >= 15 is 0 Å². The number of pyridine rings is 1. The molecule has 2 saturated heterocycles. The number of fused-ring (bicyclic) bond motifs is 2. The number of carbonyl (C=O) groups is 3. The summed E-state index contributed by atoms with van der Waals surface area (Å²) in [4.78, 5) is 45.8. The van der Waals surface area contributed by atoms with Crippen LogP contribution in [-0.4, -0.2) is 56.0 Å². The fourth-order valence-corrected chi connectivity index (χ4v) is 6.03. The first-order valence-electron chi connectivity index (χ1n) is 13.0. The molecule has 7 rings (SSSR count). The van der Waals surface area contributed by atoms with Crippen molar-refractivity contribution in [2.45, 2.75) is 37.9 Å². The third-order valence-electron chi connectivity index (χ3n) is 8.01. The van der Waals surface area contributed by atoms with E-state index in [0.717, 1.165) is 42.0 Å². The maximum absolute atomic E-state index is 13.1. The van der Waals surface area contributed by atoms with Crippen molar-refractivity contribution in [1.82, 2.24) is 24.5 Å². The van der Waals surface area contributed by atoms with Crippen molar-refractivity contribution in [1.29, 1.82) is 0 Å². The van der Waals surface area contributed by atoms with Gasteiger partial charge in [-0.25, -0.2) is 4.98 Å². The summed E-state index contributed by atoms with van der Waals surface area (Å²) in [5.74, 6) is -0.259. The number of hydrogen-bond acceptors (Lipinski definition) is 5. The maximum atomic E-state index is 13.1. The van der Waals surface area contributed by atoms with Crippen LogP contribution in [0.25, 0.3) is 16.8 Å². The van der Waals surface area contributed by atoms with Crippen molar-refractivity contribution in [2.24, 2.45) is 0 Å². The second-order valence-electron chi connectivity index (χ2n) is 10.5. The van der Waals surface area contributed by atoms with Crippen LogP contribution in [0.5, 0.6) is 0 Å². The third-order valence-corrected chi connectivity index (χ3v) is 8.01. The van der Waals surface area contributed by atoms with Crippen LogP contribution in [0.3, 0.4) is 0 Å². The van der Waals surface area contributed by atoms with Gasteiger partial charge in [-0.05, 0) is 46.9 Å². The van der Waals surface area contributed by atoms with E-state index in [0.29, 0.717) is 24.4 Å². The monoisotopic (exact) mass is 505 g/mol. The van der Waals surface area contributed by atoms with Crippen LogP contribution < -0.4 is 5.32 Å². The van der Waals surface area contributed by atoms with Crippen molar-refractivity contribution < 1.29 is 14.4 Å². The molecule has 3 aliphatic rings. The zero-order chi connectivity index (χ0) is 25.8. The maximum Gasteiger partial charge on any atom is 0.255 e. The molecule has 8 nitrogen and oxygen atoms in total. The van der Waals surface area contributed by atoms with E-state index in [1.165, 1.54) is 11.1 Å². The highest BCUT2D eigenvalue weighted by Gasteiger charge is 2.39. The molecule has 3 amide bonds. The number of rotatable bonds is 5. The number of nitrogens with one attached hydrogen (secondary N) is 1. The highest BCUT2D eigenvalue weighted by Crippen LogP contribution is 2.34. The van der Waals surface area contributed by atoms with Crippen LogP contribution >= 0.6 is 0 Å². The van der Waals surface area contributed by atoms with Gasteiger partial charge in [-0.3, -0.25) is 24.6 Å². The minimum atomic E-state index is -0.616. The van der Waals surface area contributed by atoms with Crippen molar-refractivity contribution >= 4 is 23.4 Å². The van der Waals surface area contributed by atoms with Gasteiger partial charge in [-0.2, -0.15) is 0 Å². The zero-order valence-corrected chi connectivity index (χ0v) is 20.8. The van der Waals surface area contributed by atoms with Gasteiger partial charge < -0.3 is 9.30 Å². The molecule has 38 heavy (non-hydrogen) atoms. The van der Waals surface area contributed by atoms with Crippen LogP contribution in [-0.2, 0) is 22.7 Å². The lowest BCUT2D eigenvalue weighted by molar-refractivity contribution is -0.136. The highest BCUT2D eigenvalue weighted by atomic mass is 16.2. The summed E-state index contributed by atoms with van der Waals surface area (Å²) in [7, 11) is 0. The number of imide groups is 1. The Bertz CT molecular complexity index is 1590. The summed E-state index contributed by atoms with van der Waals surface area (Å²) in [6.45, 7) is 3.29. The summed E-state index contributed by atoms with van der Waals surface area (Å²) < 4.78 is 2.06. The highest BCUT2D eigenvalue weighted by molar-refractivity contribution is 6.05. The lowest BCUT2D eigenvalue weighted by Crippen LogP contribution is -2.52. The minimum Gasteiger partial charge on any atom is -0.322 e. The first-order valence-corrected chi connectivity index (χ1v) is 13.0. The van der Waals surface area contributed by atoms with E-state index in [1.807, 2.05) is 24.4 Å². The number of nitrogens with zero attached hydrogens (tertiary/aromatic N) is 4. The number of likely N-dealkylation sites (tertiary alicyclic amines) is 1. The van der Waals surface area contributed by atoms with Crippen molar-refractivity contribution in [3.05, 3.63) is 95.4 Å². The molecule has 1 unspecified atom stereocenters. The Morgan fingerprint density at radius 3 is 2.63 bits per heavy atom. The fraction of sp³-hybridized carbons (Fsp3) is 0.267. The predicted octanol–water partition coefficient (Wildman–Crippen LogP) is 3.36. The van der Waals surface area contributed by atoms with E-state index in [4.69, 9.17) is 0 Å². The van der Waals surface area contributed by atoms with Gasteiger partial charge in [0.05, 0.1) is 0 Å². The van der Waals surface area contributed by atoms with E-state index in [1.54, 1.807) is 11.1 Å². The molecule has 190 valence electrons. The van der Waals surface area contributed by atoms with Crippen molar-refractivity contribution in [2.75, 3.05) is 13.1 Å². The molecule has 0 saturated carbocycles. The van der Waals surface area contributed by atoms with Gasteiger partial charge in [0, 0.05) is 68.2 Å². The molecule has 1 atom stereocenters. The number of piperidine rings is 1. The lowest BCUT2D eigenvalue weighted by Gasteiger charge is -2.39. The van der Waals surface area contributed by atoms with Gasteiger partial charge in [0.1, 0.15) is 11.7 Å². The Hall–Kier alpha value is -4.30. The Morgan fingerprint density at radius 1 is 0.974 bits per heavy atom. The van der Waals surface area contributed by atoms with Gasteiger partial charge in [-0.1, -0.05) is 36.4 Å².